The number of carbonyl (C=O) groups excluding carboxylic acids is 1. The maximum absolute atomic E-state index is 12.1. The Morgan fingerprint density at radius 3 is 2.05 bits per heavy atom. The van der Waals surface area contributed by atoms with Crippen LogP contribution in [-0.4, -0.2) is 62.3 Å². The Kier molecular flexibility index (Phi) is 5.45. The largest absolute Gasteiger partial charge is 0.478 e. The minimum absolute atomic E-state index is 0.0901. The van der Waals surface area contributed by atoms with Crippen LogP contribution in [-0.2, 0) is 20.6 Å². The highest BCUT2D eigenvalue weighted by atomic mass is 32.2. The second-order valence-electron chi connectivity index (χ2n) is 4.80. The number of benzene rings is 1. The second-order valence-corrected chi connectivity index (χ2v) is 6.88. The molecule has 0 fully saturated rings. The van der Waals surface area contributed by atoms with Crippen LogP contribution in [0.15, 0.2) is 24.3 Å². The van der Waals surface area contributed by atoms with Gasteiger partial charge in [0.25, 0.3) is 0 Å². The summed E-state index contributed by atoms with van der Waals surface area (Å²) in [5, 5.41) is 8.78. The Morgan fingerprint density at radius 2 is 1.62 bits per heavy atom. The lowest BCUT2D eigenvalue weighted by atomic mass is 10.1. The molecule has 0 aliphatic rings. The molecule has 0 aromatic heterocycles. The van der Waals surface area contributed by atoms with Gasteiger partial charge in [0.2, 0.25) is 15.9 Å². The van der Waals surface area contributed by atoms with E-state index in [1.807, 2.05) is 0 Å². The van der Waals surface area contributed by atoms with Gasteiger partial charge in [-0.1, -0.05) is 12.1 Å². The van der Waals surface area contributed by atoms with Crippen molar-refractivity contribution < 1.29 is 23.1 Å². The van der Waals surface area contributed by atoms with Gasteiger partial charge >= 0.3 is 5.97 Å². The van der Waals surface area contributed by atoms with Gasteiger partial charge in [-0.25, -0.2) is 13.2 Å². The molecular formula is C13H18N2O5S. The molecule has 0 spiro atoms. The zero-order valence-electron chi connectivity index (χ0n) is 12.1. The van der Waals surface area contributed by atoms with Crippen molar-refractivity contribution in [2.24, 2.45) is 0 Å². The quantitative estimate of drug-likeness (QED) is 0.811. The number of sulfonamides is 1. The number of likely N-dealkylation sites (N-methyl/N-ethyl adjacent to an activating group) is 2. The van der Waals surface area contributed by atoms with Crippen LogP contribution in [0.5, 0.6) is 0 Å². The predicted octanol–water partition coefficient (Wildman–Crippen LogP) is 0.235. The molecule has 0 bridgehead atoms. The molecule has 0 saturated heterocycles. The lowest BCUT2D eigenvalue weighted by molar-refractivity contribution is -0.128. The molecular weight excluding hydrogens is 296 g/mol. The number of carboxylic acids is 1. The van der Waals surface area contributed by atoms with Gasteiger partial charge < -0.3 is 10.0 Å². The molecule has 0 unspecified atom stereocenters. The fraction of sp³-hybridized carbons (Fsp3) is 0.385. The molecule has 116 valence electrons. The van der Waals surface area contributed by atoms with E-state index in [1.165, 1.54) is 36.2 Å². The molecule has 21 heavy (non-hydrogen) atoms. The number of carbonyl (C=O) groups is 2. The molecule has 0 aliphatic heterocycles. The molecule has 8 heteroatoms. The number of rotatable bonds is 6. The molecule has 0 atom stereocenters. The van der Waals surface area contributed by atoms with Crippen molar-refractivity contribution >= 4 is 21.9 Å². The maximum Gasteiger partial charge on any atom is 0.335 e. The van der Waals surface area contributed by atoms with E-state index >= 15 is 0 Å². The highest BCUT2D eigenvalue weighted by molar-refractivity contribution is 7.88. The topological polar surface area (TPSA) is 95.0 Å². The summed E-state index contributed by atoms with van der Waals surface area (Å²) in [5.41, 5.74) is 0.552. The Hall–Kier alpha value is -1.93. The lowest BCUT2D eigenvalue weighted by Crippen LogP contribution is -2.38. The van der Waals surface area contributed by atoms with Crippen LogP contribution in [0.2, 0.25) is 0 Å². The van der Waals surface area contributed by atoms with Crippen LogP contribution in [0.25, 0.3) is 0 Å². The number of hydrogen-bond acceptors (Lipinski definition) is 4. The molecule has 1 N–H and O–H groups in total. The molecule has 1 aromatic carbocycles. The number of aromatic carboxylic acids is 1. The molecule has 0 heterocycles. The van der Waals surface area contributed by atoms with E-state index in [0.29, 0.717) is 5.56 Å². The smallest absolute Gasteiger partial charge is 0.335 e. The summed E-state index contributed by atoms with van der Waals surface area (Å²) in [5.74, 6) is -1.68. The Bertz CT molecular complexity index is 622. The normalized spacial score (nSPS) is 11.4. The van der Waals surface area contributed by atoms with Crippen LogP contribution < -0.4 is 0 Å². The molecule has 1 rings (SSSR count). The van der Waals surface area contributed by atoms with Gasteiger partial charge in [0.15, 0.2) is 0 Å². The zero-order chi connectivity index (χ0) is 16.2. The van der Waals surface area contributed by atoms with E-state index in [-0.39, 0.29) is 23.8 Å². The van der Waals surface area contributed by atoms with Crippen molar-refractivity contribution in [2.45, 2.75) is 5.75 Å². The van der Waals surface area contributed by atoms with Gasteiger partial charge in [0.05, 0.1) is 17.9 Å². The standard InChI is InChI=1S/C13H18N2O5S/c1-14(2)12(16)8-15(3)21(19,20)9-10-4-6-11(7-5-10)13(17)18/h4-7H,8-9H2,1-3H3,(H,17,18). The third-order valence-electron chi connectivity index (χ3n) is 2.88. The molecule has 7 nitrogen and oxygen atoms in total. The highest BCUT2D eigenvalue weighted by Crippen LogP contribution is 2.11. The van der Waals surface area contributed by atoms with Crippen molar-refractivity contribution in [1.82, 2.24) is 9.21 Å². The predicted molar refractivity (Wildman–Crippen MR) is 77.3 cm³/mol. The van der Waals surface area contributed by atoms with Crippen LogP contribution in [0.4, 0.5) is 0 Å². The maximum atomic E-state index is 12.1. The Labute approximate surface area is 123 Å². The Balaban J connectivity index is 2.80. The van der Waals surface area contributed by atoms with Crippen LogP contribution in [0, 0.1) is 0 Å². The van der Waals surface area contributed by atoms with Crippen molar-refractivity contribution in [2.75, 3.05) is 27.7 Å². The summed E-state index contributed by atoms with van der Waals surface area (Å²) < 4.78 is 25.2. The minimum Gasteiger partial charge on any atom is -0.478 e. The fourth-order valence-corrected chi connectivity index (χ4v) is 2.64. The van der Waals surface area contributed by atoms with E-state index in [1.54, 1.807) is 14.1 Å². The van der Waals surface area contributed by atoms with Gasteiger partial charge in [0.1, 0.15) is 0 Å². The first kappa shape index (κ1) is 17.1. The molecule has 0 aliphatic carbocycles. The summed E-state index contributed by atoms with van der Waals surface area (Å²) in [7, 11) is 0.797. The zero-order valence-corrected chi connectivity index (χ0v) is 12.9. The van der Waals surface area contributed by atoms with E-state index < -0.39 is 16.0 Å². The minimum atomic E-state index is -3.64. The number of carboxylic acid groups (broad SMARTS) is 1. The second kappa shape index (κ2) is 6.68. The summed E-state index contributed by atoms with van der Waals surface area (Å²) >= 11 is 0. The van der Waals surface area contributed by atoms with E-state index in [2.05, 4.69) is 0 Å². The van der Waals surface area contributed by atoms with Gasteiger partial charge in [-0.05, 0) is 17.7 Å². The first-order valence-electron chi connectivity index (χ1n) is 6.10. The number of hydrogen-bond donors (Lipinski definition) is 1. The third-order valence-corrected chi connectivity index (χ3v) is 4.66. The molecule has 0 saturated carbocycles. The first-order chi connectivity index (χ1) is 9.63. The molecule has 1 amide bonds. The lowest BCUT2D eigenvalue weighted by Gasteiger charge is -2.19. The van der Waals surface area contributed by atoms with E-state index in [9.17, 15) is 18.0 Å². The van der Waals surface area contributed by atoms with Gasteiger partial charge in [0, 0.05) is 21.1 Å². The average molecular weight is 314 g/mol. The van der Waals surface area contributed by atoms with Gasteiger partial charge in [-0.2, -0.15) is 4.31 Å². The van der Waals surface area contributed by atoms with Crippen LogP contribution in [0.3, 0.4) is 0 Å². The van der Waals surface area contributed by atoms with Crippen LogP contribution in [0.1, 0.15) is 15.9 Å². The van der Waals surface area contributed by atoms with E-state index in [4.69, 9.17) is 5.11 Å². The SMILES string of the molecule is CN(C)C(=O)CN(C)S(=O)(=O)Cc1ccc(C(=O)O)cc1. The number of nitrogens with zero attached hydrogens (tertiary/aromatic N) is 2. The summed E-state index contributed by atoms with van der Waals surface area (Å²) in [6.45, 7) is -0.234. The van der Waals surface area contributed by atoms with Crippen molar-refractivity contribution in [1.29, 1.82) is 0 Å². The highest BCUT2D eigenvalue weighted by Gasteiger charge is 2.21. The Morgan fingerprint density at radius 1 is 1.10 bits per heavy atom. The number of amides is 1. The van der Waals surface area contributed by atoms with Gasteiger partial charge in [-0.15, -0.1) is 0 Å². The van der Waals surface area contributed by atoms with Crippen molar-refractivity contribution in [3.8, 4) is 0 Å². The van der Waals surface area contributed by atoms with Crippen molar-refractivity contribution in [3.63, 3.8) is 0 Å². The first-order valence-corrected chi connectivity index (χ1v) is 7.71. The molecule has 1 aromatic rings. The van der Waals surface area contributed by atoms with Crippen molar-refractivity contribution in [3.05, 3.63) is 35.4 Å². The average Bonchev–Trinajstić information content (AvgIpc) is 2.38. The fourth-order valence-electron chi connectivity index (χ4n) is 1.49. The third kappa shape index (κ3) is 4.83. The summed E-state index contributed by atoms with van der Waals surface area (Å²) in [6.07, 6.45) is 0. The van der Waals surface area contributed by atoms with Gasteiger partial charge in [-0.3, -0.25) is 4.79 Å². The molecule has 0 radical (unpaired) electrons. The van der Waals surface area contributed by atoms with Crippen LogP contribution >= 0.6 is 0 Å². The van der Waals surface area contributed by atoms with E-state index in [0.717, 1.165) is 4.31 Å². The summed E-state index contributed by atoms with van der Waals surface area (Å²) in [4.78, 5) is 23.6. The monoisotopic (exact) mass is 314 g/mol. The summed E-state index contributed by atoms with van der Waals surface area (Å²) in [6, 6.07) is 5.58.